The minimum absolute atomic E-state index is 0.558. The van der Waals surface area contributed by atoms with Crippen LogP contribution in [0.2, 0.25) is 12.6 Å². The summed E-state index contributed by atoms with van der Waals surface area (Å²) in [4.78, 5) is 9.82. The lowest BCUT2D eigenvalue weighted by Gasteiger charge is -2.23. The van der Waals surface area contributed by atoms with Crippen LogP contribution in [0.1, 0.15) is 25.7 Å². The largest absolute Gasteiger partial charge is 0.411 e. The molecule has 0 aromatic rings. The Labute approximate surface area is 86.7 Å². The zero-order valence-corrected chi connectivity index (χ0v) is 10.0. The maximum atomic E-state index is 9.82. The Hall–Kier alpha value is 0.0969. The molecule has 3 nitrogen and oxygen atoms in total. The van der Waals surface area contributed by atoms with E-state index in [2.05, 4.69) is 0 Å². The average Bonchev–Trinajstić information content (AvgIpc) is 2.93. The monoisotopic (exact) mass is 216 g/mol. The maximum absolute atomic E-state index is 9.82. The second kappa shape index (κ2) is 3.93. The molecule has 4 unspecified atom stereocenters. The number of rotatable bonds is 4. The van der Waals surface area contributed by atoms with Gasteiger partial charge in [-0.1, -0.05) is 0 Å². The van der Waals surface area contributed by atoms with Crippen LogP contribution < -0.4 is 0 Å². The highest BCUT2D eigenvalue weighted by molar-refractivity contribution is 6.64. The van der Waals surface area contributed by atoms with E-state index in [1.165, 1.54) is 19.3 Å². The first-order valence-electron chi connectivity index (χ1n) is 5.54. The lowest BCUT2D eigenvalue weighted by molar-refractivity contribution is 0.284. The van der Waals surface area contributed by atoms with Crippen molar-refractivity contribution >= 4 is 8.56 Å². The van der Waals surface area contributed by atoms with Crippen LogP contribution in [-0.4, -0.2) is 32.7 Å². The zero-order valence-electron chi connectivity index (χ0n) is 9.03. The summed E-state index contributed by atoms with van der Waals surface area (Å²) in [6.07, 6.45) is 5.97. The third-order valence-corrected chi connectivity index (χ3v) is 5.66. The highest BCUT2D eigenvalue weighted by Crippen LogP contribution is 2.41. The fourth-order valence-corrected chi connectivity index (χ4v) is 3.47. The van der Waals surface area contributed by atoms with E-state index in [0.717, 1.165) is 18.4 Å². The fraction of sp³-hybridized carbons (Fsp3) is 1.00. The van der Waals surface area contributed by atoms with Crippen molar-refractivity contribution in [2.24, 2.45) is 5.92 Å². The summed E-state index contributed by atoms with van der Waals surface area (Å²) in [5.41, 5.74) is 0. The first kappa shape index (κ1) is 10.6. The second-order valence-corrected chi connectivity index (χ2v) is 8.07. The molecule has 0 spiro atoms. The Morgan fingerprint density at radius 1 is 1.43 bits per heavy atom. The zero-order chi connectivity index (χ0) is 10.2. The molecule has 0 amide bonds. The van der Waals surface area contributed by atoms with Crippen LogP contribution in [0, 0.1) is 5.92 Å². The fourth-order valence-electron chi connectivity index (χ4n) is 2.32. The van der Waals surface area contributed by atoms with Crippen molar-refractivity contribution in [3.05, 3.63) is 0 Å². The number of epoxide rings is 1. The molecule has 4 heteroatoms. The summed E-state index contributed by atoms with van der Waals surface area (Å²) < 4.78 is 10.6. The predicted octanol–water partition coefficient (Wildman–Crippen LogP) is 1.65. The summed E-state index contributed by atoms with van der Waals surface area (Å²) in [5, 5.41) is 0. The normalized spacial score (nSPS) is 40.1. The standard InChI is InChI=1S/C10H20O3Si/c1-12-14(2,11)6-5-8-3-4-9-10(7-8)13-9/h8-11H,3-7H2,1-2H3. The number of fused-ring (bicyclic) bond motifs is 1. The van der Waals surface area contributed by atoms with E-state index >= 15 is 0 Å². The molecule has 82 valence electrons. The summed E-state index contributed by atoms with van der Waals surface area (Å²) in [5.74, 6) is 0.757. The van der Waals surface area contributed by atoms with Gasteiger partial charge in [0.25, 0.3) is 0 Å². The highest BCUT2D eigenvalue weighted by Gasteiger charge is 2.44. The van der Waals surface area contributed by atoms with Crippen LogP contribution >= 0.6 is 0 Å². The van der Waals surface area contributed by atoms with Gasteiger partial charge in [-0.15, -0.1) is 0 Å². The molecule has 1 aliphatic heterocycles. The maximum Gasteiger partial charge on any atom is 0.331 e. The summed E-state index contributed by atoms with van der Waals surface area (Å²) in [7, 11) is -0.692. The van der Waals surface area contributed by atoms with Crippen LogP contribution in [0.5, 0.6) is 0 Å². The van der Waals surface area contributed by atoms with Gasteiger partial charge in [-0.25, -0.2) is 0 Å². The summed E-state index contributed by atoms with van der Waals surface area (Å²) in [6.45, 7) is 1.87. The van der Waals surface area contributed by atoms with Crippen LogP contribution in [-0.2, 0) is 9.16 Å². The van der Waals surface area contributed by atoms with E-state index in [1.807, 2.05) is 6.55 Å². The molecule has 2 aliphatic rings. The number of hydrogen-bond donors (Lipinski definition) is 1. The number of ether oxygens (including phenoxy) is 1. The lowest BCUT2D eigenvalue weighted by atomic mass is 9.88. The van der Waals surface area contributed by atoms with Crippen LogP contribution in [0.4, 0.5) is 0 Å². The predicted molar refractivity (Wildman–Crippen MR) is 56.3 cm³/mol. The minimum Gasteiger partial charge on any atom is -0.411 e. The minimum atomic E-state index is -2.31. The molecule has 1 aliphatic carbocycles. The third kappa shape index (κ3) is 2.57. The van der Waals surface area contributed by atoms with Gasteiger partial charge >= 0.3 is 8.56 Å². The molecule has 2 rings (SSSR count). The Bertz CT molecular complexity index is 208. The topological polar surface area (TPSA) is 42.0 Å². The van der Waals surface area contributed by atoms with Gasteiger partial charge in [0.15, 0.2) is 0 Å². The molecule has 14 heavy (non-hydrogen) atoms. The molecule has 1 N–H and O–H groups in total. The highest BCUT2D eigenvalue weighted by atomic mass is 28.4. The van der Waals surface area contributed by atoms with Crippen molar-refractivity contribution in [1.82, 2.24) is 0 Å². The van der Waals surface area contributed by atoms with Gasteiger partial charge < -0.3 is 14.0 Å². The first-order valence-corrected chi connectivity index (χ1v) is 8.10. The van der Waals surface area contributed by atoms with E-state index < -0.39 is 8.56 Å². The molecule has 0 bridgehead atoms. The molecule has 1 saturated heterocycles. The van der Waals surface area contributed by atoms with Crippen molar-refractivity contribution in [1.29, 1.82) is 0 Å². The molecule has 2 fully saturated rings. The van der Waals surface area contributed by atoms with Crippen LogP contribution in [0.25, 0.3) is 0 Å². The third-order valence-electron chi connectivity index (χ3n) is 3.57. The van der Waals surface area contributed by atoms with E-state index in [-0.39, 0.29) is 0 Å². The number of hydrogen-bond acceptors (Lipinski definition) is 3. The second-order valence-electron chi connectivity index (χ2n) is 4.81. The van der Waals surface area contributed by atoms with Crippen molar-refractivity contribution in [3.8, 4) is 0 Å². The Morgan fingerprint density at radius 2 is 2.21 bits per heavy atom. The molecule has 0 aromatic carbocycles. The van der Waals surface area contributed by atoms with Gasteiger partial charge in [0.2, 0.25) is 0 Å². The lowest BCUT2D eigenvalue weighted by Crippen LogP contribution is -2.33. The quantitative estimate of drug-likeness (QED) is 0.574. The Kier molecular flexibility index (Phi) is 2.97. The van der Waals surface area contributed by atoms with Gasteiger partial charge in [-0.3, -0.25) is 0 Å². The van der Waals surface area contributed by atoms with E-state index in [4.69, 9.17) is 9.16 Å². The summed E-state index contributed by atoms with van der Waals surface area (Å²) >= 11 is 0. The van der Waals surface area contributed by atoms with Gasteiger partial charge in [0.05, 0.1) is 12.2 Å². The van der Waals surface area contributed by atoms with Crippen molar-refractivity contribution in [2.45, 2.75) is 50.5 Å². The van der Waals surface area contributed by atoms with Gasteiger partial charge in [0.1, 0.15) is 0 Å². The molecule has 0 aromatic heterocycles. The molecule has 4 atom stereocenters. The van der Waals surface area contributed by atoms with E-state index in [1.54, 1.807) is 7.11 Å². The average molecular weight is 216 g/mol. The molecule has 0 radical (unpaired) electrons. The smallest absolute Gasteiger partial charge is 0.331 e. The Morgan fingerprint density at radius 3 is 2.86 bits per heavy atom. The van der Waals surface area contributed by atoms with E-state index in [0.29, 0.717) is 12.2 Å². The van der Waals surface area contributed by atoms with Gasteiger partial charge in [0, 0.05) is 7.11 Å². The molecular formula is C10H20O3Si. The van der Waals surface area contributed by atoms with Crippen molar-refractivity contribution in [3.63, 3.8) is 0 Å². The van der Waals surface area contributed by atoms with Crippen molar-refractivity contribution in [2.75, 3.05) is 7.11 Å². The SMILES string of the molecule is CO[Si](C)(O)CCC1CCC2OC2C1. The molecular weight excluding hydrogens is 196 g/mol. The van der Waals surface area contributed by atoms with Gasteiger partial charge in [-0.2, -0.15) is 0 Å². The first-order chi connectivity index (χ1) is 6.61. The Balaban J connectivity index is 1.70. The molecule has 1 heterocycles. The summed E-state index contributed by atoms with van der Waals surface area (Å²) in [6, 6.07) is 0.867. The molecule has 1 saturated carbocycles. The van der Waals surface area contributed by atoms with Crippen LogP contribution in [0.15, 0.2) is 0 Å². The van der Waals surface area contributed by atoms with Gasteiger partial charge in [-0.05, 0) is 44.2 Å². The van der Waals surface area contributed by atoms with Crippen LogP contribution in [0.3, 0.4) is 0 Å². The van der Waals surface area contributed by atoms with E-state index in [9.17, 15) is 4.80 Å². The van der Waals surface area contributed by atoms with Crippen molar-refractivity contribution < 1.29 is 14.0 Å².